The van der Waals surface area contributed by atoms with Gasteiger partial charge < -0.3 is 24.8 Å². The van der Waals surface area contributed by atoms with Crippen LogP contribution in [0.5, 0.6) is 11.5 Å². The summed E-state index contributed by atoms with van der Waals surface area (Å²) >= 11 is 0. The van der Waals surface area contributed by atoms with E-state index in [1.807, 2.05) is 25.2 Å². The van der Waals surface area contributed by atoms with E-state index in [1.54, 1.807) is 24.3 Å². The number of carbonyl (C=O) groups excluding carboxylic acids is 2. The second-order valence-corrected chi connectivity index (χ2v) is 9.91. The molecule has 0 bridgehead atoms. The van der Waals surface area contributed by atoms with Gasteiger partial charge in [-0.3, -0.25) is 9.59 Å². The fraction of sp³-hybridized carbons (Fsp3) is 0.379. The van der Waals surface area contributed by atoms with Crippen molar-refractivity contribution in [3.63, 3.8) is 0 Å². The van der Waals surface area contributed by atoms with Gasteiger partial charge in [0.2, 0.25) is 5.91 Å². The molecule has 3 N–H and O–H groups in total. The van der Waals surface area contributed by atoms with Crippen LogP contribution in [-0.4, -0.2) is 49.0 Å². The SMILES string of the molecule is COc1ccc(C(=O)CC(CC2=CC=CC(C)C2)C(=O)NC(Cc2ccc(OC)c(C(F)(F)F)c2)B(O)O)cc1. The molecule has 0 aromatic heterocycles. The number of rotatable bonds is 12. The molecule has 0 spiro atoms. The van der Waals surface area contributed by atoms with Gasteiger partial charge in [0.05, 0.1) is 25.7 Å². The zero-order valence-corrected chi connectivity index (χ0v) is 22.6. The zero-order valence-electron chi connectivity index (χ0n) is 22.6. The van der Waals surface area contributed by atoms with E-state index in [4.69, 9.17) is 9.47 Å². The number of hydrogen-bond acceptors (Lipinski definition) is 6. The number of nitrogens with one attached hydrogen (secondary N) is 1. The third kappa shape index (κ3) is 8.47. The van der Waals surface area contributed by atoms with Crippen LogP contribution >= 0.6 is 0 Å². The second-order valence-electron chi connectivity index (χ2n) is 9.91. The van der Waals surface area contributed by atoms with Gasteiger partial charge in [-0.25, -0.2) is 0 Å². The van der Waals surface area contributed by atoms with Gasteiger partial charge >= 0.3 is 13.3 Å². The van der Waals surface area contributed by atoms with Crippen LogP contribution in [0.15, 0.2) is 66.3 Å². The molecule has 1 aliphatic rings. The van der Waals surface area contributed by atoms with Gasteiger partial charge in [0.25, 0.3) is 0 Å². The predicted octanol–water partition coefficient (Wildman–Crippen LogP) is 4.56. The highest BCUT2D eigenvalue weighted by molar-refractivity contribution is 6.43. The van der Waals surface area contributed by atoms with E-state index in [-0.39, 0.29) is 42.3 Å². The van der Waals surface area contributed by atoms with Crippen LogP contribution in [0.3, 0.4) is 0 Å². The first-order valence-electron chi connectivity index (χ1n) is 12.8. The molecule has 0 aliphatic heterocycles. The molecule has 3 unspecified atom stereocenters. The van der Waals surface area contributed by atoms with Crippen molar-refractivity contribution < 1.29 is 42.3 Å². The first-order valence-corrected chi connectivity index (χ1v) is 12.8. The van der Waals surface area contributed by atoms with E-state index >= 15 is 0 Å². The summed E-state index contributed by atoms with van der Waals surface area (Å²) in [7, 11) is 0.568. The quantitative estimate of drug-likeness (QED) is 0.260. The minimum atomic E-state index is -4.69. The van der Waals surface area contributed by atoms with Crippen LogP contribution in [0.4, 0.5) is 13.2 Å². The number of Topliss-reactive ketones (excluding diaryl/α,β-unsaturated/α-hetero) is 1. The third-order valence-corrected chi connectivity index (χ3v) is 6.79. The van der Waals surface area contributed by atoms with Crippen molar-refractivity contribution in [2.75, 3.05) is 14.2 Å². The van der Waals surface area contributed by atoms with Crippen LogP contribution < -0.4 is 14.8 Å². The maximum Gasteiger partial charge on any atom is 0.475 e. The minimum Gasteiger partial charge on any atom is -0.497 e. The maximum atomic E-state index is 13.5. The number of amides is 1. The van der Waals surface area contributed by atoms with Gasteiger partial charge in [-0.05, 0) is 67.1 Å². The Balaban J connectivity index is 1.82. The summed E-state index contributed by atoms with van der Waals surface area (Å²) in [5.74, 6) is -2.59. The lowest BCUT2D eigenvalue weighted by atomic mass is 9.75. The summed E-state index contributed by atoms with van der Waals surface area (Å²) in [4.78, 5) is 26.5. The Morgan fingerprint density at radius 3 is 2.35 bits per heavy atom. The standard InChI is InChI=1S/C29H33BF3NO6/c1-18-5-4-6-19(13-18)14-22(17-25(35)21-8-10-23(39-2)11-9-21)28(36)34-27(30(37)38)16-20-7-12-26(40-3)24(15-20)29(31,32)33/h4-12,15,18,22,27,37-38H,13-14,16-17H2,1-3H3,(H,34,36). The largest absolute Gasteiger partial charge is 0.497 e. The highest BCUT2D eigenvalue weighted by atomic mass is 19.4. The van der Waals surface area contributed by atoms with Gasteiger partial charge in [-0.15, -0.1) is 0 Å². The number of carbonyl (C=O) groups is 2. The molecule has 11 heteroatoms. The maximum absolute atomic E-state index is 13.5. The van der Waals surface area contributed by atoms with Crippen molar-refractivity contribution in [1.29, 1.82) is 0 Å². The van der Waals surface area contributed by atoms with Crippen molar-refractivity contribution in [1.82, 2.24) is 5.32 Å². The van der Waals surface area contributed by atoms with Crippen molar-refractivity contribution in [3.05, 3.63) is 83.0 Å². The third-order valence-electron chi connectivity index (χ3n) is 6.79. The predicted molar refractivity (Wildman–Crippen MR) is 145 cm³/mol. The van der Waals surface area contributed by atoms with E-state index < -0.39 is 36.6 Å². The molecule has 2 aromatic rings. The van der Waals surface area contributed by atoms with Crippen LogP contribution in [-0.2, 0) is 17.4 Å². The molecule has 3 rings (SSSR count). The first-order chi connectivity index (χ1) is 18.9. The van der Waals surface area contributed by atoms with Crippen molar-refractivity contribution in [2.45, 2.75) is 44.7 Å². The van der Waals surface area contributed by atoms with E-state index in [1.165, 1.54) is 13.2 Å². The van der Waals surface area contributed by atoms with Crippen LogP contribution in [0, 0.1) is 11.8 Å². The number of allylic oxidation sites excluding steroid dienone is 4. The fourth-order valence-electron chi connectivity index (χ4n) is 4.66. The van der Waals surface area contributed by atoms with E-state index in [0.717, 1.165) is 24.8 Å². The lowest BCUT2D eigenvalue weighted by Crippen LogP contribution is -2.50. The Labute approximate surface area is 231 Å². The zero-order chi connectivity index (χ0) is 29.4. The molecular formula is C29H33BF3NO6. The van der Waals surface area contributed by atoms with Gasteiger partial charge in [0.15, 0.2) is 5.78 Å². The van der Waals surface area contributed by atoms with Crippen molar-refractivity contribution >= 4 is 18.8 Å². The Morgan fingerprint density at radius 2 is 1.77 bits per heavy atom. The number of methoxy groups -OCH3 is 2. The number of ether oxygens (including phenoxy) is 2. The second kappa shape index (κ2) is 13.7. The van der Waals surface area contributed by atoms with E-state index in [2.05, 4.69) is 5.32 Å². The smallest absolute Gasteiger partial charge is 0.475 e. The highest BCUT2D eigenvalue weighted by Crippen LogP contribution is 2.37. The molecule has 40 heavy (non-hydrogen) atoms. The monoisotopic (exact) mass is 559 g/mol. The van der Waals surface area contributed by atoms with Gasteiger partial charge in [-0.2, -0.15) is 13.2 Å². The van der Waals surface area contributed by atoms with Crippen molar-refractivity contribution in [3.8, 4) is 11.5 Å². The summed E-state index contributed by atoms with van der Waals surface area (Å²) < 4.78 is 50.4. The van der Waals surface area contributed by atoms with E-state index in [9.17, 15) is 32.8 Å². The molecule has 0 saturated heterocycles. The van der Waals surface area contributed by atoms with Gasteiger partial charge in [-0.1, -0.05) is 36.8 Å². The summed E-state index contributed by atoms with van der Waals surface area (Å²) in [6, 6.07) is 9.83. The Morgan fingerprint density at radius 1 is 1.07 bits per heavy atom. The molecular weight excluding hydrogens is 526 g/mol. The van der Waals surface area contributed by atoms with E-state index in [0.29, 0.717) is 17.7 Å². The molecule has 3 atom stereocenters. The van der Waals surface area contributed by atoms with Gasteiger partial charge in [0.1, 0.15) is 11.5 Å². The van der Waals surface area contributed by atoms with Crippen LogP contribution in [0.1, 0.15) is 47.7 Å². The lowest BCUT2D eigenvalue weighted by Gasteiger charge is -2.24. The topological polar surface area (TPSA) is 105 Å². The molecule has 1 amide bonds. The molecule has 2 aromatic carbocycles. The molecule has 0 saturated carbocycles. The number of ketones is 1. The molecule has 0 fully saturated rings. The van der Waals surface area contributed by atoms with Gasteiger partial charge in [0, 0.05) is 17.9 Å². The summed E-state index contributed by atoms with van der Waals surface area (Å²) in [6.45, 7) is 2.03. The summed E-state index contributed by atoms with van der Waals surface area (Å²) in [6.07, 6.45) is 1.65. The molecule has 0 heterocycles. The van der Waals surface area contributed by atoms with Crippen LogP contribution in [0.2, 0.25) is 0 Å². The average molecular weight is 559 g/mol. The number of halogens is 3. The number of benzene rings is 2. The Bertz CT molecular complexity index is 1240. The number of alkyl halides is 3. The molecule has 0 radical (unpaired) electrons. The summed E-state index contributed by atoms with van der Waals surface area (Å²) in [5, 5.41) is 22.5. The van der Waals surface area contributed by atoms with Crippen LogP contribution in [0.25, 0.3) is 0 Å². The Kier molecular flexibility index (Phi) is 10.6. The first kappa shape index (κ1) is 31.0. The van der Waals surface area contributed by atoms with Crippen molar-refractivity contribution in [2.24, 2.45) is 11.8 Å². The minimum absolute atomic E-state index is 0.117. The molecule has 7 nitrogen and oxygen atoms in total. The fourth-order valence-corrected chi connectivity index (χ4v) is 4.66. The Hall–Kier alpha value is -3.57. The average Bonchev–Trinajstić information content (AvgIpc) is 2.91. The summed E-state index contributed by atoms with van der Waals surface area (Å²) in [5.41, 5.74) is 0.454. The highest BCUT2D eigenvalue weighted by Gasteiger charge is 2.36. The molecule has 1 aliphatic carbocycles. The lowest BCUT2D eigenvalue weighted by molar-refractivity contribution is -0.138. The number of hydrogen-bond donors (Lipinski definition) is 3. The normalized spacial score (nSPS) is 16.5. The molecule has 214 valence electrons.